The lowest BCUT2D eigenvalue weighted by atomic mass is 9.82. The Hall–Kier alpha value is -4.20. The van der Waals surface area contributed by atoms with Gasteiger partial charge in [-0.25, -0.2) is 4.79 Å². The number of aryl methyl sites for hydroxylation is 2. The highest BCUT2D eigenvalue weighted by Gasteiger charge is 2.38. The Morgan fingerprint density at radius 1 is 1.15 bits per heavy atom. The molecule has 2 aromatic heterocycles. The highest BCUT2D eigenvalue weighted by Crippen LogP contribution is 2.49. The van der Waals surface area contributed by atoms with Gasteiger partial charge in [0.1, 0.15) is 16.9 Å². The van der Waals surface area contributed by atoms with E-state index in [1.165, 1.54) is 17.6 Å². The number of carbonyl (C=O) groups is 2. The Kier molecular flexibility index (Phi) is 4.49. The van der Waals surface area contributed by atoms with E-state index in [4.69, 9.17) is 9.15 Å². The first-order chi connectivity index (χ1) is 15.7. The number of ether oxygens (including phenoxy) is 1. The topological polar surface area (TPSA) is 116 Å². The average molecular weight is 445 g/mol. The van der Waals surface area contributed by atoms with Gasteiger partial charge in [-0.3, -0.25) is 14.4 Å². The van der Waals surface area contributed by atoms with Gasteiger partial charge < -0.3 is 18.8 Å². The van der Waals surface area contributed by atoms with Gasteiger partial charge in [0.15, 0.2) is 11.5 Å². The fourth-order valence-electron chi connectivity index (χ4n) is 4.70. The maximum atomic E-state index is 13.4. The summed E-state index contributed by atoms with van der Waals surface area (Å²) in [6.07, 6.45) is -0.199. The van der Waals surface area contributed by atoms with Crippen LogP contribution >= 0.6 is 0 Å². The molecule has 1 N–H and O–H groups in total. The number of benzene rings is 2. The number of aromatic hydroxyl groups is 1. The monoisotopic (exact) mass is 445 g/mol. The minimum absolute atomic E-state index is 0.00906. The maximum absolute atomic E-state index is 13.4. The van der Waals surface area contributed by atoms with E-state index in [1.807, 2.05) is 24.3 Å². The van der Waals surface area contributed by atoms with Crippen LogP contribution < -0.4 is 15.9 Å². The molecule has 0 amide bonds. The van der Waals surface area contributed by atoms with E-state index < -0.39 is 29.0 Å². The largest absolute Gasteiger partial charge is 0.506 e. The van der Waals surface area contributed by atoms with Crippen molar-refractivity contribution in [1.29, 1.82) is 0 Å². The predicted octanol–water partition coefficient (Wildman–Crippen LogP) is 3.30. The van der Waals surface area contributed by atoms with Gasteiger partial charge in [-0.1, -0.05) is 18.2 Å². The van der Waals surface area contributed by atoms with Gasteiger partial charge in [0.05, 0.1) is 17.3 Å². The summed E-state index contributed by atoms with van der Waals surface area (Å²) in [4.78, 5) is 50.7. The van der Waals surface area contributed by atoms with E-state index in [9.17, 15) is 24.3 Å². The summed E-state index contributed by atoms with van der Waals surface area (Å²) in [6, 6.07) is 10.2. The molecule has 0 saturated heterocycles. The molecule has 1 unspecified atom stereocenters. The van der Waals surface area contributed by atoms with Crippen molar-refractivity contribution in [3.05, 3.63) is 79.4 Å². The number of hydrogen-bond acceptors (Lipinski definition) is 7. The number of Topliss-reactive ketones (excluding diaryl/α,β-unsaturated/α-hetero) is 1. The Labute approximate surface area is 186 Å². The minimum atomic E-state index is -0.851. The van der Waals surface area contributed by atoms with E-state index >= 15 is 0 Å². The number of phenols is 1. The Bertz CT molecular complexity index is 1640. The zero-order chi connectivity index (χ0) is 23.6. The van der Waals surface area contributed by atoms with Gasteiger partial charge in [0.25, 0.3) is 5.56 Å². The molecule has 4 aromatic rings. The van der Waals surface area contributed by atoms with Crippen molar-refractivity contribution in [1.82, 2.24) is 4.57 Å². The second-order valence-electron chi connectivity index (χ2n) is 8.23. The van der Waals surface area contributed by atoms with Crippen molar-refractivity contribution in [3.8, 4) is 11.5 Å². The summed E-state index contributed by atoms with van der Waals surface area (Å²) in [5, 5.41) is 11.8. The Morgan fingerprint density at radius 3 is 2.61 bits per heavy atom. The second kappa shape index (κ2) is 7.16. The van der Waals surface area contributed by atoms with Gasteiger partial charge in [-0.15, -0.1) is 0 Å². The molecule has 0 radical (unpaired) electrons. The lowest BCUT2D eigenvalue weighted by Gasteiger charge is -2.28. The van der Waals surface area contributed by atoms with Crippen molar-refractivity contribution in [3.63, 3.8) is 0 Å². The maximum Gasteiger partial charge on any atom is 0.336 e. The molecule has 8 heteroatoms. The van der Waals surface area contributed by atoms with Crippen molar-refractivity contribution in [2.24, 2.45) is 7.05 Å². The van der Waals surface area contributed by atoms with Crippen LogP contribution in [0, 0.1) is 6.92 Å². The average Bonchev–Trinajstić information content (AvgIpc) is 2.74. The molecule has 33 heavy (non-hydrogen) atoms. The highest BCUT2D eigenvalue weighted by molar-refractivity contribution is 6.09. The number of para-hydroxylation sites is 1. The lowest BCUT2D eigenvalue weighted by Crippen LogP contribution is -2.29. The number of nitrogens with zero attached hydrogens (tertiary/aromatic N) is 1. The Balaban J connectivity index is 1.97. The van der Waals surface area contributed by atoms with Crippen LogP contribution in [-0.4, -0.2) is 21.4 Å². The standard InChI is InChI=1S/C25H19NO7/c1-11-8-17(28)32-23-19(11)22(30)20(12(2)27)24-21(23)14(10-18(29)33-24)15-9-13-6-4-5-7-16(13)26(3)25(15)31/h4-9,14,30H,10H2,1-3H3. The number of ketones is 1. The number of rotatable bonds is 2. The fourth-order valence-corrected chi connectivity index (χ4v) is 4.70. The van der Waals surface area contributed by atoms with Gasteiger partial charge in [-0.2, -0.15) is 0 Å². The van der Waals surface area contributed by atoms with E-state index in [0.717, 1.165) is 5.39 Å². The summed E-state index contributed by atoms with van der Waals surface area (Å²) < 4.78 is 12.4. The van der Waals surface area contributed by atoms with Crippen LogP contribution in [0.4, 0.5) is 0 Å². The molecule has 0 bridgehead atoms. The van der Waals surface area contributed by atoms with Gasteiger partial charge in [-0.05, 0) is 36.9 Å². The van der Waals surface area contributed by atoms with Crippen molar-refractivity contribution in [2.75, 3.05) is 0 Å². The molecule has 2 aromatic carbocycles. The summed E-state index contributed by atoms with van der Waals surface area (Å²) >= 11 is 0. The summed E-state index contributed by atoms with van der Waals surface area (Å²) in [5.74, 6) is -2.67. The summed E-state index contributed by atoms with van der Waals surface area (Å²) in [6.45, 7) is 2.84. The van der Waals surface area contributed by atoms with Crippen LogP contribution in [0.15, 0.2) is 50.4 Å². The lowest BCUT2D eigenvalue weighted by molar-refractivity contribution is -0.135. The molecule has 166 valence electrons. The first-order valence-electron chi connectivity index (χ1n) is 10.3. The smallest absolute Gasteiger partial charge is 0.336 e. The van der Waals surface area contributed by atoms with E-state index in [0.29, 0.717) is 16.6 Å². The number of pyridine rings is 1. The summed E-state index contributed by atoms with van der Waals surface area (Å²) in [7, 11) is 1.64. The molecular formula is C25H19NO7. The molecule has 0 aliphatic carbocycles. The number of hydrogen-bond donors (Lipinski definition) is 1. The number of carbonyl (C=O) groups excluding carboxylic acids is 2. The van der Waals surface area contributed by atoms with Gasteiger partial charge >= 0.3 is 11.6 Å². The Morgan fingerprint density at radius 2 is 1.88 bits per heavy atom. The fraction of sp³-hybridized carbons (Fsp3) is 0.200. The van der Waals surface area contributed by atoms with E-state index in [-0.39, 0.29) is 39.8 Å². The highest BCUT2D eigenvalue weighted by atomic mass is 16.5. The van der Waals surface area contributed by atoms with Crippen LogP contribution in [0.5, 0.6) is 11.5 Å². The molecule has 1 aliphatic rings. The van der Waals surface area contributed by atoms with Crippen molar-refractivity contribution >= 4 is 33.6 Å². The molecule has 1 aliphatic heterocycles. The normalized spacial score (nSPS) is 15.5. The molecule has 1 atom stereocenters. The van der Waals surface area contributed by atoms with E-state index in [1.54, 1.807) is 20.0 Å². The quantitative estimate of drug-likeness (QED) is 0.218. The minimum Gasteiger partial charge on any atom is -0.506 e. The zero-order valence-corrected chi connectivity index (χ0v) is 18.1. The number of aromatic nitrogens is 1. The third-order valence-electron chi connectivity index (χ3n) is 6.17. The van der Waals surface area contributed by atoms with Crippen molar-refractivity contribution < 1.29 is 23.8 Å². The number of esters is 1. The number of phenolic OH excluding ortho intramolecular Hbond substituents is 1. The van der Waals surface area contributed by atoms with Gasteiger partial charge in [0, 0.05) is 30.2 Å². The second-order valence-corrected chi connectivity index (χ2v) is 8.23. The SMILES string of the molecule is CC(=O)c1c2c(c3oc(=O)cc(C)c3c1O)C(c1cc3ccccc3n(C)c1=O)CC(=O)O2. The first-order valence-corrected chi connectivity index (χ1v) is 10.3. The van der Waals surface area contributed by atoms with Crippen LogP contribution in [-0.2, 0) is 11.8 Å². The van der Waals surface area contributed by atoms with Crippen LogP contribution in [0.1, 0.15) is 46.3 Å². The van der Waals surface area contributed by atoms with Crippen LogP contribution in [0.2, 0.25) is 0 Å². The number of fused-ring (bicyclic) bond motifs is 4. The van der Waals surface area contributed by atoms with Crippen LogP contribution in [0.25, 0.3) is 21.9 Å². The van der Waals surface area contributed by atoms with Crippen LogP contribution in [0.3, 0.4) is 0 Å². The molecule has 8 nitrogen and oxygen atoms in total. The predicted molar refractivity (Wildman–Crippen MR) is 120 cm³/mol. The molecule has 0 saturated carbocycles. The summed E-state index contributed by atoms with van der Waals surface area (Å²) in [5.41, 5.74) is 0.424. The third-order valence-corrected chi connectivity index (χ3v) is 6.17. The molecule has 3 heterocycles. The molecule has 0 spiro atoms. The molecule has 5 rings (SSSR count). The molecular weight excluding hydrogens is 426 g/mol. The molecule has 0 fully saturated rings. The third kappa shape index (κ3) is 2.98. The zero-order valence-electron chi connectivity index (χ0n) is 18.1. The van der Waals surface area contributed by atoms with Crippen molar-refractivity contribution in [2.45, 2.75) is 26.2 Å². The van der Waals surface area contributed by atoms with E-state index in [2.05, 4.69) is 0 Å². The van der Waals surface area contributed by atoms with Gasteiger partial charge in [0.2, 0.25) is 0 Å². The first kappa shape index (κ1) is 20.7.